The Morgan fingerprint density at radius 2 is 2.06 bits per heavy atom. The van der Waals surface area contributed by atoms with Crippen molar-refractivity contribution in [3.8, 4) is 0 Å². The molecule has 1 N–H and O–H groups in total. The van der Waals surface area contributed by atoms with Gasteiger partial charge in [0, 0.05) is 12.6 Å². The largest absolute Gasteiger partial charge is 0.444 e. The van der Waals surface area contributed by atoms with Crippen molar-refractivity contribution in [3.05, 3.63) is 0 Å². The second kappa shape index (κ2) is 4.84. The summed E-state index contributed by atoms with van der Waals surface area (Å²) in [5.74, 6) is 0. The predicted molar refractivity (Wildman–Crippen MR) is 67.0 cm³/mol. The van der Waals surface area contributed by atoms with Crippen molar-refractivity contribution in [2.75, 3.05) is 13.1 Å². The quantitative estimate of drug-likeness (QED) is 0.763. The molecule has 4 nitrogen and oxygen atoms in total. The van der Waals surface area contributed by atoms with Gasteiger partial charge >= 0.3 is 6.09 Å². The Labute approximate surface area is 104 Å². The standard InChI is InChI=1S/C13H24N2O2/c1-13(2,3)17-12(16)15-9-5-7-11(15)10-6-4-8-14-10/h10-11,14H,4-9H2,1-3H3/t10-,11-/m0/s1. The molecule has 0 unspecified atom stereocenters. The molecule has 2 aliphatic rings. The van der Waals surface area contributed by atoms with Gasteiger partial charge in [-0.1, -0.05) is 0 Å². The highest BCUT2D eigenvalue weighted by molar-refractivity contribution is 5.69. The number of rotatable bonds is 1. The first-order valence-electron chi connectivity index (χ1n) is 6.70. The number of amides is 1. The average Bonchev–Trinajstić information content (AvgIpc) is 2.85. The van der Waals surface area contributed by atoms with E-state index in [-0.39, 0.29) is 6.09 Å². The molecule has 2 saturated heterocycles. The summed E-state index contributed by atoms with van der Waals surface area (Å²) in [5.41, 5.74) is -0.396. The Morgan fingerprint density at radius 3 is 2.65 bits per heavy atom. The maximum Gasteiger partial charge on any atom is 0.410 e. The van der Waals surface area contributed by atoms with Gasteiger partial charge in [0.2, 0.25) is 0 Å². The molecule has 2 fully saturated rings. The summed E-state index contributed by atoms with van der Waals surface area (Å²) >= 11 is 0. The van der Waals surface area contributed by atoms with E-state index in [2.05, 4.69) is 5.32 Å². The fourth-order valence-corrected chi connectivity index (χ4v) is 2.80. The van der Waals surface area contributed by atoms with Gasteiger partial charge in [0.1, 0.15) is 5.60 Å². The highest BCUT2D eigenvalue weighted by atomic mass is 16.6. The number of nitrogens with one attached hydrogen (secondary N) is 1. The van der Waals surface area contributed by atoms with E-state index < -0.39 is 5.60 Å². The molecule has 0 bridgehead atoms. The Bertz CT molecular complexity index is 280. The van der Waals surface area contributed by atoms with E-state index in [0.717, 1.165) is 25.9 Å². The molecule has 2 heterocycles. The minimum Gasteiger partial charge on any atom is -0.444 e. The van der Waals surface area contributed by atoms with Gasteiger partial charge in [-0.05, 0) is 53.0 Å². The Morgan fingerprint density at radius 1 is 1.29 bits per heavy atom. The van der Waals surface area contributed by atoms with Gasteiger partial charge in [-0.2, -0.15) is 0 Å². The third kappa shape index (κ3) is 3.12. The SMILES string of the molecule is CC(C)(C)OC(=O)N1CCC[C@H]1[C@@H]1CCCN1. The maximum atomic E-state index is 12.1. The van der Waals surface area contributed by atoms with Crippen LogP contribution < -0.4 is 5.32 Å². The predicted octanol–water partition coefficient (Wildman–Crippen LogP) is 2.14. The van der Waals surface area contributed by atoms with Gasteiger partial charge < -0.3 is 15.0 Å². The van der Waals surface area contributed by atoms with Gasteiger partial charge in [0.15, 0.2) is 0 Å². The van der Waals surface area contributed by atoms with Gasteiger partial charge in [0.25, 0.3) is 0 Å². The lowest BCUT2D eigenvalue weighted by Crippen LogP contribution is -2.48. The van der Waals surface area contributed by atoms with E-state index in [1.807, 2.05) is 25.7 Å². The van der Waals surface area contributed by atoms with Crippen LogP contribution in [0.4, 0.5) is 4.79 Å². The zero-order chi connectivity index (χ0) is 12.5. The van der Waals surface area contributed by atoms with Crippen molar-refractivity contribution >= 4 is 6.09 Å². The summed E-state index contributed by atoms with van der Waals surface area (Å²) in [6, 6.07) is 0.817. The van der Waals surface area contributed by atoms with E-state index in [0.29, 0.717) is 12.1 Å². The van der Waals surface area contributed by atoms with Crippen LogP contribution in [0.2, 0.25) is 0 Å². The number of carbonyl (C=O) groups excluding carboxylic acids is 1. The Hall–Kier alpha value is -0.770. The molecule has 0 aromatic heterocycles. The molecule has 1 amide bonds. The molecule has 2 atom stereocenters. The molecule has 17 heavy (non-hydrogen) atoms. The molecule has 4 heteroatoms. The molecule has 0 aliphatic carbocycles. The zero-order valence-electron chi connectivity index (χ0n) is 11.2. The minimum absolute atomic E-state index is 0.145. The van der Waals surface area contributed by atoms with Crippen molar-refractivity contribution in [2.24, 2.45) is 0 Å². The normalized spacial score (nSPS) is 29.7. The number of hydrogen-bond donors (Lipinski definition) is 1. The molecular formula is C13H24N2O2. The first-order chi connectivity index (χ1) is 7.97. The van der Waals surface area contributed by atoms with Crippen molar-refractivity contribution < 1.29 is 9.53 Å². The highest BCUT2D eigenvalue weighted by Crippen LogP contribution is 2.26. The van der Waals surface area contributed by atoms with Crippen LogP contribution in [0.3, 0.4) is 0 Å². The number of carbonyl (C=O) groups is 1. The first-order valence-corrected chi connectivity index (χ1v) is 6.70. The molecule has 0 spiro atoms. The van der Waals surface area contributed by atoms with Crippen LogP contribution in [0.25, 0.3) is 0 Å². The second-order valence-corrected chi connectivity index (χ2v) is 6.09. The monoisotopic (exact) mass is 240 g/mol. The minimum atomic E-state index is -0.396. The van der Waals surface area contributed by atoms with Crippen LogP contribution in [-0.2, 0) is 4.74 Å². The van der Waals surface area contributed by atoms with Crippen LogP contribution in [-0.4, -0.2) is 41.8 Å². The molecule has 98 valence electrons. The lowest BCUT2D eigenvalue weighted by Gasteiger charge is -2.31. The van der Waals surface area contributed by atoms with E-state index in [1.165, 1.54) is 12.8 Å². The molecular weight excluding hydrogens is 216 g/mol. The van der Waals surface area contributed by atoms with E-state index in [4.69, 9.17) is 4.74 Å². The summed E-state index contributed by atoms with van der Waals surface area (Å²) in [4.78, 5) is 14.0. The van der Waals surface area contributed by atoms with E-state index in [1.54, 1.807) is 0 Å². The molecule has 2 rings (SSSR count). The lowest BCUT2D eigenvalue weighted by atomic mass is 10.0. The molecule has 0 aromatic carbocycles. The van der Waals surface area contributed by atoms with Crippen LogP contribution >= 0.6 is 0 Å². The van der Waals surface area contributed by atoms with Crippen molar-refractivity contribution in [3.63, 3.8) is 0 Å². The van der Waals surface area contributed by atoms with Crippen LogP contribution in [0.1, 0.15) is 46.5 Å². The number of ether oxygens (including phenoxy) is 1. The fourth-order valence-electron chi connectivity index (χ4n) is 2.80. The van der Waals surface area contributed by atoms with Gasteiger partial charge in [-0.25, -0.2) is 4.79 Å². The van der Waals surface area contributed by atoms with Crippen LogP contribution in [0, 0.1) is 0 Å². The molecule has 2 aliphatic heterocycles. The van der Waals surface area contributed by atoms with Crippen LogP contribution in [0.15, 0.2) is 0 Å². The van der Waals surface area contributed by atoms with E-state index in [9.17, 15) is 4.79 Å². The first kappa shape index (κ1) is 12.7. The molecule has 0 aromatic rings. The number of hydrogen-bond acceptors (Lipinski definition) is 3. The summed E-state index contributed by atoms with van der Waals surface area (Å²) in [6.45, 7) is 7.69. The summed E-state index contributed by atoms with van der Waals surface area (Å²) in [6.07, 6.45) is 4.47. The highest BCUT2D eigenvalue weighted by Gasteiger charge is 2.37. The fraction of sp³-hybridized carbons (Fsp3) is 0.923. The van der Waals surface area contributed by atoms with Crippen molar-refractivity contribution in [1.82, 2.24) is 10.2 Å². The second-order valence-electron chi connectivity index (χ2n) is 6.09. The molecule has 0 radical (unpaired) electrons. The van der Waals surface area contributed by atoms with Gasteiger partial charge in [-0.3, -0.25) is 0 Å². The average molecular weight is 240 g/mol. The maximum absolute atomic E-state index is 12.1. The third-order valence-electron chi connectivity index (χ3n) is 3.49. The van der Waals surface area contributed by atoms with Gasteiger partial charge in [-0.15, -0.1) is 0 Å². The number of nitrogens with zero attached hydrogens (tertiary/aromatic N) is 1. The molecule has 0 saturated carbocycles. The van der Waals surface area contributed by atoms with Crippen molar-refractivity contribution in [1.29, 1.82) is 0 Å². The summed E-state index contributed by atoms with van der Waals surface area (Å²) in [5, 5.41) is 3.50. The lowest BCUT2D eigenvalue weighted by molar-refractivity contribution is 0.0201. The Kier molecular flexibility index (Phi) is 3.61. The summed E-state index contributed by atoms with van der Waals surface area (Å²) in [7, 11) is 0. The van der Waals surface area contributed by atoms with Gasteiger partial charge in [0.05, 0.1) is 6.04 Å². The third-order valence-corrected chi connectivity index (χ3v) is 3.49. The smallest absolute Gasteiger partial charge is 0.410 e. The van der Waals surface area contributed by atoms with Crippen LogP contribution in [0.5, 0.6) is 0 Å². The summed E-state index contributed by atoms with van der Waals surface area (Å²) < 4.78 is 5.47. The number of likely N-dealkylation sites (tertiary alicyclic amines) is 1. The topological polar surface area (TPSA) is 41.6 Å². The Balaban J connectivity index is 1.96. The van der Waals surface area contributed by atoms with E-state index >= 15 is 0 Å². The zero-order valence-corrected chi connectivity index (χ0v) is 11.2. The van der Waals surface area contributed by atoms with Crippen molar-refractivity contribution in [2.45, 2.75) is 64.1 Å².